The Kier molecular flexibility index (Phi) is 5.96. The molecule has 1 fully saturated rings. The molecule has 1 aromatic heterocycles. The maximum Gasteiger partial charge on any atom is 0.223 e. The summed E-state index contributed by atoms with van der Waals surface area (Å²) in [5.41, 5.74) is 0.149. The average molecular weight is 362 g/mol. The van der Waals surface area contributed by atoms with E-state index in [1.807, 2.05) is 11.8 Å². The smallest absolute Gasteiger partial charge is 0.223 e. The summed E-state index contributed by atoms with van der Waals surface area (Å²) in [5.74, 6) is 0.781. The van der Waals surface area contributed by atoms with Crippen LogP contribution in [-0.2, 0) is 17.6 Å². The Labute approximate surface area is 151 Å². The number of nitrogens with zero attached hydrogens (tertiary/aromatic N) is 3. The third-order valence-corrected chi connectivity index (χ3v) is 4.94. The number of H-pyrrole nitrogens is 1. The number of likely N-dealkylation sites (tertiary alicyclic amines) is 1. The highest BCUT2D eigenvalue weighted by Gasteiger charge is 2.24. The van der Waals surface area contributed by atoms with Crippen LogP contribution in [0.25, 0.3) is 0 Å². The van der Waals surface area contributed by atoms with Gasteiger partial charge in [0.15, 0.2) is 5.82 Å². The Morgan fingerprint density at radius 3 is 2.77 bits per heavy atom. The van der Waals surface area contributed by atoms with Gasteiger partial charge in [0, 0.05) is 31.5 Å². The molecule has 1 aliphatic heterocycles. The molecule has 7 heteroatoms. The summed E-state index contributed by atoms with van der Waals surface area (Å²) in [6.07, 6.45) is 3.86. The number of rotatable bonds is 6. The molecule has 140 valence electrons. The number of piperidine rings is 1. The molecule has 1 amide bonds. The summed E-state index contributed by atoms with van der Waals surface area (Å²) in [5, 5.41) is 6.82. The van der Waals surface area contributed by atoms with Crippen molar-refractivity contribution >= 4 is 5.91 Å². The van der Waals surface area contributed by atoms with Gasteiger partial charge in [0.1, 0.15) is 17.5 Å². The first-order valence-corrected chi connectivity index (χ1v) is 9.11. The van der Waals surface area contributed by atoms with E-state index < -0.39 is 11.6 Å². The van der Waals surface area contributed by atoms with Crippen molar-refractivity contribution in [2.45, 2.75) is 45.4 Å². The highest BCUT2D eigenvalue weighted by Crippen LogP contribution is 2.24. The first-order chi connectivity index (χ1) is 12.5. The molecule has 5 nitrogen and oxygen atoms in total. The lowest BCUT2D eigenvalue weighted by molar-refractivity contribution is -0.133. The van der Waals surface area contributed by atoms with Crippen LogP contribution in [0.5, 0.6) is 0 Å². The first kappa shape index (κ1) is 18.5. The van der Waals surface area contributed by atoms with Crippen molar-refractivity contribution in [1.29, 1.82) is 0 Å². The number of hydrogen-bond acceptors (Lipinski definition) is 3. The molecule has 0 radical (unpaired) electrons. The molecule has 0 spiro atoms. The zero-order valence-electron chi connectivity index (χ0n) is 15.0. The summed E-state index contributed by atoms with van der Waals surface area (Å²) in [6.45, 7) is 3.23. The lowest BCUT2D eigenvalue weighted by Crippen LogP contribution is -2.40. The maximum absolute atomic E-state index is 13.8. The number of benzene rings is 1. The monoisotopic (exact) mass is 362 g/mol. The molecule has 1 aromatic carbocycles. The fraction of sp³-hybridized carbons (Fsp3) is 0.526. The number of aromatic amines is 1. The molecular formula is C19H24F2N4O. The van der Waals surface area contributed by atoms with Crippen LogP contribution in [0, 0.1) is 24.5 Å². The Morgan fingerprint density at radius 1 is 1.31 bits per heavy atom. The van der Waals surface area contributed by atoms with E-state index in [4.69, 9.17) is 0 Å². The number of amides is 1. The largest absolute Gasteiger partial charge is 0.342 e. The van der Waals surface area contributed by atoms with Gasteiger partial charge in [-0.3, -0.25) is 9.89 Å². The van der Waals surface area contributed by atoms with Gasteiger partial charge in [-0.05, 0) is 50.7 Å². The number of hydrogen-bond donors (Lipinski definition) is 1. The second-order valence-corrected chi connectivity index (χ2v) is 6.92. The van der Waals surface area contributed by atoms with Gasteiger partial charge in [-0.1, -0.05) is 6.07 Å². The van der Waals surface area contributed by atoms with E-state index in [1.165, 1.54) is 18.2 Å². The van der Waals surface area contributed by atoms with Crippen molar-refractivity contribution in [3.8, 4) is 0 Å². The summed E-state index contributed by atoms with van der Waals surface area (Å²) in [7, 11) is 0. The topological polar surface area (TPSA) is 61.9 Å². The van der Waals surface area contributed by atoms with Crippen LogP contribution in [0.1, 0.15) is 42.9 Å². The molecule has 0 bridgehead atoms. The molecule has 1 N–H and O–H groups in total. The number of halogens is 2. The van der Waals surface area contributed by atoms with Crippen LogP contribution in [-0.4, -0.2) is 39.1 Å². The van der Waals surface area contributed by atoms with E-state index in [2.05, 4.69) is 15.2 Å². The van der Waals surface area contributed by atoms with E-state index in [-0.39, 0.29) is 17.4 Å². The summed E-state index contributed by atoms with van der Waals surface area (Å²) >= 11 is 0. The van der Waals surface area contributed by atoms with Crippen LogP contribution >= 0.6 is 0 Å². The Balaban J connectivity index is 1.49. The minimum absolute atomic E-state index is 0.0919. The summed E-state index contributed by atoms with van der Waals surface area (Å²) in [6, 6.07) is 3.96. The van der Waals surface area contributed by atoms with Crippen LogP contribution in [0.2, 0.25) is 0 Å². The normalized spacial score (nSPS) is 17.5. The SMILES string of the molecule is Cc1nc(CCC(=O)N2CCC[C@H](CCc3c(F)cccc3F)C2)n[nH]1. The second kappa shape index (κ2) is 8.38. The number of nitrogens with one attached hydrogen (secondary N) is 1. The van der Waals surface area contributed by atoms with Gasteiger partial charge in [-0.25, -0.2) is 13.8 Å². The van der Waals surface area contributed by atoms with Crippen molar-refractivity contribution in [1.82, 2.24) is 20.1 Å². The number of carbonyl (C=O) groups excluding carboxylic acids is 1. The minimum atomic E-state index is -0.490. The van der Waals surface area contributed by atoms with Gasteiger partial charge in [0.05, 0.1) is 0 Å². The van der Waals surface area contributed by atoms with Crippen LogP contribution in [0.4, 0.5) is 8.78 Å². The Bertz CT molecular complexity index is 741. The average Bonchev–Trinajstić information content (AvgIpc) is 3.05. The molecule has 0 saturated carbocycles. The van der Waals surface area contributed by atoms with Crippen molar-refractivity contribution in [2.24, 2.45) is 5.92 Å². The van der Waals surface area contributed by atoms with Crippen LogP contribution in [0.3, 0.4) is 0 Å². The van der Waals surface area contributed by atoms with Crippen molar-refractivity contribution in [2.75, 3.05) is 13.1 Å². The van der Waals surface area contributed by atoms with E-state index >= 15 is 0 Å². The molecular weight excluding hydrogens is 338 g/mol. The number of aromatic nitrogens is 3. The van der Waals surface area contributed by atoms with E-state index in [9.17, 15) is 13.6 Å². The zero-order valence-corrected chi connectivity index (χ0v) is 15.0. The van der Waals surface area contributed by atoms with Gasteiger partial charge in [-0.2, -0.15) is 5.10 Å². The highest BCUT2D eigenvalue weighted by atomic mass is 19.1. The van der Waals surface area contributed by atoms with Crippen molar-refractivity contribution in [3.63, 3.8) is 0 Å². The Morgan fingerprint density at radius 2 is 2.08 bits per heavy atom. The summed E-state index contributed by atoms with van der Waals surface area (Å²) < 4.78 is 27.5. The highest BCUT2D eigenvalue weighted by molar-refractivity contribution is 5.76. The van der Waals surface area contributed by atoms with Gasteiger partial charge < -0.3 is 4.90 Å². The molecule has 0 aliphatic carbocycles. The predicted octanol–water partition coefficient (Wildman–Crippen LogP) is 3.20. The maximum atomic E-state index is 13.8. The second-order valence-electron chi connectivity index (χ2n) is 6.92. The van der Waals surface area contributed by atoms with E-state index in [1.54, 1.807) is 0 Å². The molecule has 1 atom stereocenters. The van der Waals surface area contributed by atoms with Gasteiger partial charge in [0.25, 0.3) is 0 Å². The van der Waals surface area contributed by atoms with Gasteiger partial charge in [0.2, 0.25) is 5.91 Å². The fourth-order valence-electron chi connectivity index (χ4n) is 3.52. The molecule has 1 saturated heterocycles. The predicted molar refractivity (Wildman–Crippen MR) is 93.4 cm³/mol. The standard InChI is InChI=1S/C19H24F2N4O/c1-13-22-18(24-23-13)9-10-19(26)25-11-3-4-14(12-25)7-8-15-16(20)5-2-6-17(15)21/h2,5-6,14H,3-4,7-12H2,1H3,(H,22,23,24)/t14-/m1/s1. The first-order valence-electron chi connectivity index (χ1n) is 9.11. The van der Waals surface area contributed by atoms with Crippen LogP contribution in [0.15, 0.2) is 18.2 Å². The third-order valence-electron chi connectivity index (χ3n) is 4.94. The molecule has 26 heavy (non-hydrogen) atoms. The quantitative estimate of drug-likeness (QED) is 0.858. The van der Waals surface area contributed by atoms with E-state index in [0.717, 1.165) is 25.2 Å². The minimum Gasteiger partial charge on any atom is -0.342 e. The summed E-state index contributed by atoms with van der Waals surface area (Å²) in [4.78, 5) is 18.5. The molecule has 0 unspecified atom stereocenters. The van der Waals surface area contributed by atoms with Crippen molar-refractivity contribution < 1.29 is 13.6 Å². The molecule has 1 aliphatic rings. The van der Waals surface area contributed by atoms with Gasteiger partial charge in [-0.15, -0.1) is 0 Å². The fourth-order valence-corrected chi connectivity index (χ4v) is 3.52. The molecule has 2 aromatic rings. The number of carbonyl (C=O) groups is 1. The third kappa shape index (κ3) is 4.65. The number of aryl methyl sites for hydroxylation is 2. The van der Waals surface area contributed by atoms with E-state index in [0.29, 0.717) is 38.1 Å². The molecule has 2 heterocycles. The zero-order chi connectivity index (χ0) is 18.5. The van der Waals surface area contributed by atoms with Gasteiger partial charge >= 0.3 is 0 Å². The molecule has 3 rings (SSSR count). The lowest BCUT2D eigenvalue weighted by Gasteiger charge is -2.33. The van der Waals surface area contributed by atoms with Crippen LogP contribution < -0.4 is 0 Å². The lowest BCUT2D eigenvalue weighted by atomic mass is 9.91. The van der Waals surface area contributed by atoms with Crippen molar-refractivity contribution in [3.05, 3.63) is 47.0 Å². The Hall–Kier alpha value is -2.31.